The zero-order chi connectivity index (χ0) is 21.5. The van der Waals surface area contributed by atoms with Crippen LogP contribution in [-0.2, 0) is 17.6 Å². The highest BCUT2D eigenvalue weighted by molar-refractivity contribution is 7.17. The van der Waals surface area contributed by atoms with Crippen molar-refractivity contribution in [2.45, 2.75) is 40.0 Å². The number of hydrogen-bond acceptors (Lipinski definition) is 4. The number of amides is 1. The van der Waals surface area contributed by atoms with E-state index < -0.39 is 0 Å². The summed E-state index contributed by atoms with van der Waals surface area (Å²) in [5.74, 6) is 0.652. The highest BCUT2D eigenvalue weighted by Gasteiger charge is 2.19. The highest BCUT2D eigenvalue weighted by atomic mass is 32.1. The fourth-order valence-electron chi connectivity index (χ4n) is 3.44. The van der Waals surface area contributed by atoms with Gasteiger partial charge in [-0.2, -0.15) is 5.26 Å². The molecule has 1 N–H and O–H groups in total. The summed E-state index contributed by atoms with van der Waals surface area (Å²) in [6.07, 6.45) is 2.39. The second-order valence-corrected chi connectivity index (χ2v) is 8.32. The predicted octanol–water partition coefficient (Wildman–Crippen LogP) is 6.13. The van der Waals surface area contributed by atoms with Crippen molar-refractivity contribution in [3.8, 4) is 22.9 Å². The number of nitriles is 1. The van der Waals surface area contributed by atoms with Crippen molar-refractivity contribution in [1.82, 2.24) is 0 Å². The minimum absolute atomic E-state index is 0.137. The molecule has 0 saturated carbocycles. The fraction of sp³-hybridized carbons (Fsp3) is 0.280. The van der Waals surface area contributed by atoms with Crippen molar-refractivity contribution in [3.05, 3.63) is 70.1 Å². The summed E-state index contributed by atoms with van der Waals surface area (Å²) in [7, 11) is 0. The van der Waals surface area contributed by atoms with E-state index in [-0.39, 0.29) is 12.3 Å². The quantitative estimate of drug-likeness (QED) is 0.479. The number of thiophene rings is 1. The van der Waals surface area contributed by atoms with Crippen LogP contribution in [0.15, 0.2) is 48.5 Å². The minimum Gasteiger partial charge on any atom is -0.494 e. The zero-order valence-electron chi connectivity index (χ0n) is 17.6. The van der Waals surface area contributed by atoms with Crippen molar-refractivity contribution >= 4 is 22.2 Å². The number of rotatable bonds is 8. The lowest BCUT2D eigenvalue weighted by atomic mass is 9.99. The van der Waals surface area contributed by atoms with Crippen LogP contribution in [0, 0.1) is 18.3 Å². The third-order valence-corrected chi connectivity index (χ3v) is 5.85. The number of nitrogens with one attached hydrogen (secondary N) is 1. The molecule has 0 radical (unpaired) electrons. The molecule has 3 rings (SSSR count). The molecular formula is C25H26N2O2S. The first-order valence-electron chi connectivity index (χ1n) is 10.2. The van der Waals surface area contributed by atoms with Crippen LogP contribution in [0.5, 0.6) is 5.75 Å². The largest absolute Gasteiger partial charge is 0.494 e. The molecule has 0 bridgehead atoms. The van der Waals surface area contributed by atoms with E-state index in [1.165, 1.54) is 16.9 Å². The number of aryl methyl sites for hydroxylation is 2. The first-order valence-corrected chi connectivity index (χ1v) is 11.0. The lowest BCUT2D eigenvalue weighted by Crippen LogP contribution is -2.14. The fourth-order valence-corrected chi connectivity index (χ4v) is 4.48. The van der Waals surface area contributed by atoms with Gasteiger partial charge >= 0.3 is 0 Å². The van der Waals surface area contributed by atoms with Gasteiger partial charge in [-0.25, -0.2) is 0 Å². The average Bonchev–Trinajstić information content (AvgIpc) is 3.05. The number of anilines is 1. The number of carbonyl (C=O) groups excluding carboxylic acids is 1. The van der Waals surface area contributed by atoms with E-state index in [1.54, 1.807) is 0 Å². The molecule has 1 aromatic heterocycles. The van der Waals surface area contributed by atoms with Gasteiger partial charge in [-0.1, -0.05) is 49.7 Å². The summed E-state index contributed by atoms with van der Waals surface area (Å²) in [4.78, 5) is 13.6. The van der Waals surface area contributed by atoms with Crippen LogP contribution in [0.3, 0.4) is 0 Å². The topological polar surface area (TPSA) is 62.1 Å². The summed E-state index contributed by atoms with van der Waals surface area (Å²) in [6, 6.07) is 18.1. The number of benzene rings is 2. The smallest absolute Gasteiger partial charge is 0.229 e. The van der Waals surface area contributed by atoms with Crippen molar-refractivity contribution in [2.24, 2.45) is 0 Å². The summed E-state index contributed by atoms with van der Waals surface area (Å²) < 4.78 is 5.44. The number of ether oxygens (including phenoxy) is 1. The molecule has 0 saturated heterocycles. The van der Waals surface area contributed by atoms with Gasteiger partial charge in [-0.15, -0.1) is 11.3 Å². The summed E-state index contributed by atoms with van der Waals surface area (Å²) in [5.41, 5.74) is 4.63. The number of nitrogens with zero attached hydrogens (tertiary/aromatic N) is 1. The molecule has 2 aromatic carbocycles. The lowest BCUT2D eigenvalue weighted by Gasteiger charge is -2.07. The van der Waals surface area contributed by atoms with Crippen LogP contribution in [0.2, 0.25) is 0 Å². The van der Waals surface area contributed by atoms with Crippen molar-refractivity contribution in [3.63, 3.8) is 0 Å². The Kier molecular flexibility index (Phi) is 7.26. The number of carbonyl (C=O) groups is 1. The van der Waals surface area contributed by atoms with Gasteiger partial charge in [0.2, 0.25) is 5.91 Å². The first kappa shape index (κ1) is 21.6. The van der Waals surface area contributed by atoms with Crippen molar-refractivity contribution in [2.75, 3.05) is 11.9 Å². The molecular weight excluding hydrogens is 392 g/mol. The Hall–Kier alpha value is -3.10. The molecule has 0 unspecified atom stereocenters. The van der Waals surface area contributed by atoms with Crippen LogP contribution >= 0.6 is 11.3 Å². The highest BCUT2D eigenvalue weighted by Crippen LogP contribution is 2.39. The van der Waals surface area contributed by atoms with Crippen molar-refractivity contribution < 1.29 is 9.53 Å². The Labute approximate surface area is 182 Å². The van der Waals surface area contributed by atoms with Crippen LogP contribution in [0.1, 0.15) is 41.8 Å². The standard InChI is InChI=1S/C25H26N2O2S/c1-4-6-18-7-11-20(12-8-18)24-17(3)30-25(22(24)16-26)27-23(28)15-19-9-13-21(14-10-19)29-5-2/h7-14H,4-6,15H2,1-3H3,(H,27,28). The predicted molar refractivity (Wildman–Crippen MR) is 123 cm³/mol. The molecule has 30 heavy (non-hydrogen) atoms. The van der Waals surface area contributed by atoms with Gasteiger partial charge in [0.1, 0.15) is 16.8 Å². The third kappa shape index (κ3) is 5.08. The second-order valence-electron chi connectivity index (χ2n) is 7.10. The van der Waals surface area contributed by atoms with E-state index in [1.807, 2.05) is 38.1 Å². The van der Waals surface area contributed by atoms with Gasteiger partial charge < -0.3 is 10.1 Å². The van der Waals surface area contributed by atoms with Gasteiger partial charge in [0, 0.05) is 10.4 Å². The van der Waals surface area contributed by atoms with Crippen LogP contribution in [-0.4, -0.2) is 12.5 Å². The molecule has 1 heterocycles. The van der Waals surface area contributed by atoms with Gasteiger partial charge in [0.25, 0.3) is 0 Å². The summed E-state index contributed by atoms with van der Waals surface area (Å²) >= 11 is 1.45. The molecule has 1 amide bonds. The molecule has 154 valence electrons. The van der Waals surface area contributed by atoms with Crippen LogP contribution < -0.4 is 10.1 Å². The van der Waals surface area contributed by atoms with E-state index in [2.05, 4.69) is 42.6 Å². The summed E-state index contributed by atoms with van der Waals surface area (Å²) in [6.45, 7) is 6.69. The molecule has 4 nitrogen and oxygen atoms in total. The van der Waals surface area contributed by atoms with E-state index in [4.69, 9.17) is 4.74 Å². The Morgan fingerprint density at radius 2 is 1.73 bits per heavy atom. The normalized spacial score (nSPS) is 10.5. The van der Waals surface area contributed by atoms with Crippen LogP contribution in [0.4, 0.5) is 5.00 Å². The minimum atomic E-state index is -0.137. The maximum atomic E-state index is 12.6. The van der Waals surface area contributed by atoms with Gasteiger partial charge in [0.05, 0.1) is 18.6 Å². The molecule has 0 aliphatic carbocycles. The maximum absolute atomic E-state index is 12.6. The molecule has 0 aliphatic heterocycles. The Morgan fingerprint density at radius 3 is 2.33 bits per heavy atom. The van der Waals surface area contributed by atoms with E-state index in [9.17, 15) is 10.1 Å². The van der Waals surface area contributed by atoms with Gasteiger partial charge in [-0.3, -0.25) is 4.79 Å². The number of hydrogen-bond donors (Lipinski definition) is 1. The van der Waals surface area contributed by atoms with Gasteiger partial charge in [0.15, 0.2) is 0 Å². The Balaban J connectivity index is 1.77. The monoisotopic (exact) mass is 418 g/mol. The SMILES string of the molecule is CCCc1ccc(-c2c(C)sc(NC(=O)Cc3ccc(OCC)cc3)c2C#N)cc1. The molecule has 5 heteroatoms. The molecule has 0 spiro atoms. The molecule has 0 fully saturated rings. The van der Waals surface area contributed by atoms with E-state index in [0.29, 0.717) is 17.2 Å². The summed E-state index contributed by atoms with van der Waals surface area (Å²) in [5, 5.41) is 13.3. The maximum Gasteiger partial charge on any atom is 0.229 e. The average molecular weight is 419 g/mol. The lowest BCUT2D eigenvalue weighted by molar-refractivity contribution is -0.115. The first-order chi connectivity index (χ1) is 14.5. The van der Waals surface area contributed by atoms with E-state index >= 15 is 0 Å². The van der Waals surface area contributed by atoms with E-state index in [0.717, 1.165) is 40.2 Å². The van der Waals surface area contributed by atoms with Crippen molar-refractivity contribution in [1.29, 1.82) is 5.26 Å². The van der Waals surface area contributed by atoms with Gasteiger partial charge in [-0.05, 0) is 49.1 Å². The third-order valence-electron chi connectivity index (χ3n) is 4.83. The molecule has 0 aliphatic rings. The molecule has 3 aromatic rings. The second kappa shape index (κ2) is 10.1. The molecule has 0 atom stereocenters. The van der Waals surface area contributed by atoms with Crippen LogP contribution in [0.25, 0.3) is 11.1 Å². The Bertz CT molecular complexity index is 1040. The zero-order valence-corrected chi connectivity index (χ0v) is 18.4. The Morgan fingerprint density at radius 1 is 1.07 bits per heavy atom.